The fourth-order valence-corrected chi connectivity index (χ4v) is 5.60. The van der Waals surface area contributed by atoms with Crippen LogP contribution in [0, 0.1) is 0 Å². The minimum absolute atomic E-state index is 0.118. The molecule has 1 nitrogen and oxygen atoms in total. The summed E-state index contributed by atoms with van der Waals surface area (Å²) in [5, 5.41) is 12.3. The normalized spacial score (nSPS) is 12.5. The number of hydrogen-bond donors (Lipinski definition) is 1. The molecule has 2 aromatic carbocycles. The first-order valence-electron chi connectivity index (χ1n) is 7.57. The number of hydrogen-bond acceptors (Lipinski definition) is 1. The van der Waals surface area contributed by atoms with Gasteiger partial charge in [0, 0.05) is 0 Å². The van der Waals surface area contributed by atoms with Crippen molar-refractivity contribution in [2.75, 3.05) is 0 Å². The smallest absolute Gasteiger partial charge is 0.112 e. The van der Waals surface area contributed by atoms with Crippen molar-refractivity contribution >= 4 is 18.4 Å². The fourth-order valence-electron chi connectivity index (χ4n) is 2.81. The molecule has 0 fully saturated rings. The Balaban J connectivity index is 2.44. The molecule has 2 rings (SSSR count). The Labute approximate surface area is 129 Å². The third kappa shape index (κ3) is 3.28. The molecule has 0 unspecified atom stereocenters. The first-order chi connectivity index (χ1) is 9.76. The molecule has 0 atom stereocenters. The van der Waals surface area contributed by atoms with E-state index in [-0.39, 0.29) is 12.0 Å². The highest BCUT2D eigenvalue weighted by atomic mass is 28.3. The lowest BCUT2D eigenvalue weighted by atomic mass is 9.87. The van der Waals surface area contributed by atoms with Crippen molar-refractivity contribution in [3.63, 3.8) is 0 Å². The lowest BCUT2D eigenvalue weighted by molar-refractivity contribution is 0.283. The summed E-state index contributed by atoms with van der Waals surface area (Å²) in [6, 6.07) is 17.4. The SMILES string of the molecule is CC(C)(C)c1ccc([Si](C)(C)c2ccccc2CO)cc1. The van der Waals surface area contributed by atoms with Gasteiger partial charge >= 0.3 is 0 Å². The van der Waals surface area contributed by atoms with Gasteiger partial charge in [0.05, 0.1) is 6.61 Å². The maximum Gasteiger partial charge on any atom is 0.112 e. The summed E-state index contributed by atoms with van der Waals surface area (Å²) in [4.78, 5) is 0. The standard InChI is InChI=1S/C19H26OSi/c1-19(2,3)16-10-12-17(13-11-16)21(4,5)18-9-7-6-8-15(18)14-20/h6-13,20H,14H2,1-5H3. The van der Waals surface area contributed by atoms with E-state index in [1.807, 2.05) is 12.1 Å². The number of rotatable bonds is 3. The van der Waals surface area contributed by atoms with Gasteiger partial charge in [-0.05, 0) is 21.7 Å². The Bertz CT molecular complexity index is 606. The molecular weight excluding hydrogens is 272 g/mol. The Morgan fingerprint density at radius 2 is 1.48 bits per heavy atom. The molecular formula is C19H26OSi. The Kier molecular flexibility index (Phi) is 4.40. The van der Waals surface area contributed by atoms with E-state index in [4.69, 9.17) is 0 Å². The summed E-state index contributed by atoms with van der Waals surface area (Å²) in [6.45, 7) is 11.6. The van der Waals surface area contributed by atoms with Gasteiger partial charge in [-0.1, -0.05) is 87.6 Å². The van der Waals surface area contributed by atoms with E-state index in [2.05, 4.69) is 70.3 Å². The van der Waals surface area contributed by atoms with Gasteiger partial charge in [0.2, 0.25) is 0 Å². The molecule has 2 heteroatoms. The van der Waals surface area contributed by atoms with E-state index < -0.39 is 8.07 Å². The molecule has 0 aliphatic carbocycles. The molecule has 0 saturated heterocycles. The largest absolute Gasteiger partial charge is 0.392 e. The van der Waals surface area contributed by atoms with Crippen molar-refractivity contribution in [2.24, 2.45) is 0 Å². The van der Waals surface area contributed by atoms with E-state index >= 15 is 0 Å². The Hall–Kier alpha value is -1.38. The zero-order valence-electron chi connectivity index (χ0n) is 13.8. The molecule has 0 radical (unpaired) electrons. The predicted molar refractivity (Wildman–Crippen MR) is 94.3 cm³/mol. The molecule has 0 saturated carbocycles. The second-order valence-electron chi connectivity index (χ2n) is 7.27. The average Bonchev–Trinajstić information content (AvgIpc) is 2.46. The van der Waals surface area contributed by atoms with Gasteiger partial charge in [0.25, 0.3) is 0 Å². The summed E-state index contributed by atoms with van der Waals surface area (Å²) >= 11 is 0. The summed E-state index contributed by atoms with van der Waals surface area (Å²) < 4.78 is 0. The van der Waals surface area contributed by atoms with Crippen LogP contribution < -0.4 is 10.4 Å². The predicted octanol–water partition coefficient (Wildman–Crippen LogP) is 3.30. The zero-order chi connectivity index (χ0) is 15.7. The van der Waals surface area contributed by atoms with E-state index in [1.165, 1.54) is 15.9 Å². The highest BCUT2D eigenvalue weighted by Gasteiger charge is 2.28. The lowest BCUT2D eigenvalue weighted by Crippen LogP contribution is -2.54. The van der Waals surface area contributed by atoms with Crippen molar-refractivity contribution in [2.45, 2.75) is 45.9 Å². The van der Waals surface area contributed by atoms with Gasteiger partial charge < -0.3 is 5.11 Å². The molecule has 112 valence electrons. The average molecular weight is 299 g/mol. The Morgan fingerprint density at radius 3 is 2.00 bits per heavy atom. The number of benzene rings is 2. The van der Waals surface area contributed by atoms with Crippen LogP contribution in [-0.2, 0) is 12.0 Å². The van der Waals surface area contributed by atoms with Crippen molar-refractivity contribution in [3.05, 3.63) is 59.7 Å². The van der Waals surface area contributed by atoms with Gasteiger partial charge in [0.15, 0.2) is 0 Å². The molecule has 0 heterocycles. The minimum Gasteiger partial charge on any atom is -0.392 e. The second-order valence-corrected chi connectivity index (χ2v) is 11.6. The summed E-state index contributed by atoms with van der Waals surface area (Å²) in [7, 11) is -1.76. The maximum absolute atomic E-state index is 9.60. The van der Waals surface area contributed by atoms with E-state index in [1.54, 1.807) is 0 Å². The van der Waals surface area contributed by atoms with Gasteiger partial charge in [-0.15, -0.1) is 0 Å². The van der Waals surface area contributed by atoms with Gasteiger partial charge in [-0.25, -0.2) is 0 Å². The topological polar surface area (TPSA) is 20.2 Å². The van der Waals surface area contributed by atoms with Gasteiger partial charge in [-0.2, -0.15) is 0 Å². The first-order valence-corrected chi connectivity index (χ1v) is 10.6. The van der Waals surface area contributed by atoms with Crippen LogP contribution in [0.4, 0.5) is 0 Å². The van der Waals surface area contributed by atoms with Gasteiger partial charge in [-0.3, -0.25) is 0 Å². The van der Waals surface area contributed by atoms with E-state index in [0.717, 1.165) is 5.56 Å². The Morgan fingerprint density at radius 1 is 0.905 bits per heavy atom. The van der Waals surface area contributed by atoms with E-state index in [9.17, 15) is 5.11 Å². The van der Waals surface area contributed by atoms with Gasteiger partial charge in [0.1, 0.15) is 8.07 Å². The highest BCUT2D eigenvalue weighted by molar-refractivity contribution is 7.00. The molecule has 0 amide bonds. The van der Waals surface area contributed by atoms with Crippen molar-refractivity contribution in [1.82, 2.24) is 0 Å². The lowest BCUT2D eigenvalue weighted by Gasteiger charge is -2.27. The number of aliphatic hydroxyl groups excluding tert-OH is 1. The van der Waals surface area contributed by atoms with Crippen LogP contribution in [0.5, 0.6) is 0 Å². The summed E-state index contributed by atoms with van der Waals surface area (Å²) in [5.74, 6) is 0. The van der Waals surface area contributed by atoms with Crippen LogP contribution in [0.1, 0.15) is 31.9 Å². The van der Waals surface area contributed by atoms with Crippen LogP contribution >= 0.6 is 0 Å². The van der Waals surface area contributed by atoms with Crippen molar-refractivity contribution < 1.29 is 5.11 Å². The molecule has 0 aromatic heterocycles. The van der Waals surface area contributed by atoms with Crippen LogP contribution in [0.2, 0.25) is 13.1 Å². The molecule has 1 N–H and O–H groups in total. The third-order valence-electron chi connectivity index (χ3n) is 4.33. The van der Waals surface area contributed by atoms with Crippen molar-refractivity contribution in [1.29, 1.82) is 0 Å². The fraction of sp³-hybridized carbons (Fsp3) is 0.368. The van der Waals surface area contributed by atoms with Crippen LogP contribution in [0.3, 0.4) is 0 Å². The highest BCUT2D eigenvalue weighted by Crippen LogP contribution is 2.21. The quantitative estimate of drug-likeness (QED) is 0.862. The van der Waals surface area contributed by atoms with Crippen LogP contribution in [-0.4, -0.2) is 13.2 Å². The second kappa shape index (κ2) is 5.78. The summed E-state index contributed by atoms with van der Waals surface area (Å²) in [5.41, 5.74) is 2.62. The minimum atomic E-state index is -1.76. The molecule has 21 heavy (non-hydrogen) atoms. The monoisotopic (exact) mass is 298 g/mol. The molecule has 0 aliphatic heterocycles. The van der Waals surface area contributed by atoms with Crippen LogP contribution in [0.15, 0.2) is 48.5 Å². The van der Waals surface area contributed by atoms with Crippen LogP contribution in [0.25, 0.3) is 0 Å². The van der Waals surface area contributed by atoms with E-state index in [0.29, 0.717) is 0 Å². The molecule has 0 aliphatic rings. The maximum atomic E-state index is 9.60. The molecule has 2 aromatic rings. The molecule has 0 spiro atoms. The third-order valence-corrected chi connectivity index (χ3v) is 7.94. The van der Waals surface area contributed by atoms with Crippen molar-refractivity contribution in [3.8, 4) is 0 Å². The molecule has 0 bridgehead atoms. The zero-order valence-corrected chi connectivity index (χ0v) is 14.8. The first kappa shape index (κ1) is 16.0. The number of aliphatic hydroxyl groups is 1. The summed E-state index contributed by atoms with van der Waals surface area (Å²) in [6.07, 6.45) is 0.